The predicted octanol–water partition coefficient (Wildman–Crippen LogP) is 4.47. The van der Waals surface area contributed by atoms with Crippen LogP contribution in [0.1, 0.15) is 5.56 Å². The fourth-order valence-electron chi connectivity index (χ4n) is 2.87. The molecule has 1 N–H and O–H groups in total. The Labute approximate surface area is 174 Å². The number of carbonyl (C=O) groups is 1. The zero-order valence-corrected chi connectivity index (χ0v) is 16.3. The summed E-state index contributed by atoms with van der Waals surface area (Å²) in [5, 5.41) is 7.06. The van der Waals surface area contributed by atoms with Crippen molar-refractivity contribution in [2.45, 2.75) is 6.61 Å². The first-order chi connectivity index (χ1) is 14.8. The third-order valence-corrected chi connectivity index (χ3v) is 4.33. The van der Waals surface area contributed by atoms with Crippen molar-refractivity contribution in [1.29, 1.82) is 0 Å². The van der Waals surface area contributed by atoms with Gasteiger partial charge in [0.25, 0.3) is 5.91 Å². The Kier molecular flexibility index (Phi) is 6.05. The van der Waals surface area contributed by atoms with Gasteiger partial charge in [-0.05, 0) is 29.8 Å². The molecule has 0 saturated heterocycles. The highest BCUT2D eigenvalue weighted by Crippen LogP contribution is 2.27. The number of hydrogen-bond donors (Lipinski definition) is 1. The summed E-state index contributed by atoms with van der Waals surface area (Å²) in [7, 11) is 0. The second-order valence-corrected chi connectivity index (χ2v) is 6.57. The van der Waals surface area contributed by atoms with E-state index >= 15 is 0 Å². The van der Waals surface area contributed by atoms with Crippen LogP contribution in [0.2, 0.25) is 0 Å². The number of hydrogen-bond acceptors (Lipinski definition) is 4. The van der Waals surface area contributed by atoms with Crippen molar-refractivity contribution in [3.05, 3.63) is 103 Å². The Morgan fingerprint density at radius 2 is 1.47 bits per heavy atom. The molecule has 1 heterocycles. The average Bonchev–Trinajstić information content (AvgIpc) is 3.26. The number of nitrogens with zero attached hydrogens (tertiary/aromatic N) is 2. The molecule has 0 unspecified atom stereocenters. The van der Waals surface area contributed by atoms with Crippen molar-refractivity contribution < 1.29 is 14.3 Å². The van der Waals surface area contributed by atoms with Crippen molar-refractivity contribution in [2.24, 2.45) is 0 Å². The molecule has 0 spiro atoms. The SMILES string of the molecule is O=C(COc1ccccc1OCc1ccccc1)Nc1cnn(-c2ccccc2)c1. The maximum Gasteiger partial charge on any atom is 0.262 e. The summed E-state index contributed by atoms with van der Waals surface area (Å²) in [5.41, 5.74) is 2.57. The smallest absolute Gasteiger partial charge is 0.262 e. The lowest BCUT2D eigenvalue weighted by Gasteiger charge is -2.12. The molecule has 1 amide bonds. The summed E-state index contributed by atoms with van der Waals surface area (Å²) in [4.78, 5) is 12.3. The molecule has 4 aromatic rings. The highest BCUT2D eigenvalue weighted by atomic mass is 16.5. The van der Waals surface area contributed by atoms with E-state index in [0.717, 1.165) is 11.3 Å². The molecule has 0 bridgehead atoms. The zero-order chi connectivity index (χ0) is 20.6. The van der Waals surface area contributed by atoms with Crippen LogP contribution in [0.3, 0.4) is 0 Å². The number of amides is 1. The average molecular weight is 399 g/mol. The molecule has 0 aliphatic carbocycles. The second-order valence-electron chi connectivity index (χ2n) is 6.57. The molecule has 0 radical (unpaired) electrons. The molecule has 0 fully saturated rings. The summed E-state index contributed by atoms with van der Waals surface area (Å²) in [5.74, 6) is 0.829. The number of rotatable bonds is 8. The third kappa shape index (κ3) is 5.05. The number of ether oxygens (including phenoxy) is 2. The summed E-state index contributed by atoms with van der Waals surface area (Å²) in [6.45, 7) is 0.286. The van der Waals surface area contributed by atoms with Crippen molar-refractivity contribution >= 4 is 11.6 Å². The largest absolute Gasteiger partial charge is 0.485 e. The molecule has 1 aromatic heterocycles. The van der Waals surface area contributed by atoms with E-state index in [2.05, 4.69) is 10.4 Å². The minimum absolute atomic E-state index is 0.137. The standard InChI is InChI=1S/C24H21N3O3/c28-24(26-20-15-25-27(16-20)21-11-5-2-6-12-21)18-30-23-14-8-7-13-22(23)29-17-19-9-3-1-4-10-19/h1-16H,17-18H2,(H,26,28). The lowest BCUT2D eigenvalue weighted by atomic mass is 10.2. The fraction of sp³-hybridized carbons (Fsp3) is 0.0833. The van der Waals surface area contributed by atoms with Gasteiger partial charge in [-0.25, -0.2) is 4.68 Å². The molecule has 0 saturated carbocycles. The van der Waals surface area contributed by atoms with Gasteiger partial charge in [0.1, 0.15) is 6.61 Å². The summed E-state index contributed by atoms with van der Waals surface area (Å²) in [6.07, 6.45) is 3.35. The number of anilines is 1. The van der Waals surface area contributed by atoms with Gasteiger partial charge in [0.15, 0.2) is 18.1 Å². The van der Waals surface area contributed by atoms with E-state index in [4.69, 9.17) is 9.47 Å². The van der Waals surface area contributed by atoms with Crippen LogP contribution >= 0.6 is 0 Å². The van der Waals surface area contributed by atoms with Gasteiger partial charge in [0, 0.05) is 0 Å². The lowest BCUT2D eigenvalue weighted by molar-refractivity contribution is -0.118. The summed E-state index contributed by atoms with van der Waals surface area (Å²) in [6, 6.07) is 26.9. The first kappa shape index (κ1) is 19.3. The van der Waals surface area contributed by atoms with Crippen LogP contribution in [0.4, 0.5) is 5.69 Å². The van der Waals surface area contributed by atoms with Crippen LogP contribution in [-0.2, 0) is 11.4 Å². The molecule has 0 atom stereocenters. The molecule has 0 aliphatic heterocycles. The van der Waals surface area contributed by atoms with Crippen molar-refractivity contribution in [1.82, 2.24) is 9.78 Å². The summed E-state index contributed by atoms with van der Waals surface area (Å²) >= 11 is 0. The Morgan fingerprint density at radius 3 is 2.20 bits per heavy atom. The topological polar surface area (TPSA) is 65.4 Å². The van der Waals surface area contributed by atoms with Crippen LogP contribution in [0.25, 0.3) is 5.69 Å². The van der Waals surface area contributed by atoms with Crippen LogP contribution in [-0.4, -0.2) is 22.3 Å². The van der Waals surface area contributed by atoms with Gasteiger partial charge in [0.2, 0.25) is 0 Å². The molecule has 3 aromatic carbocycles. The molecule has 4 rings (SSSR count). The van der Waals surface area contributed by atoms with E-state index < -0.39 is 0 Å². The van der Waals surface area contributed by atoms with Crippen LogP contribution in [0.15, 0.2) is 97.3 Å². The predicted molar refractivity (Wildman–Crippen MR) is 115 cm³/mol. The number of carbonyl (C=O) groups excluding carboxylic acids is 1. The number of aromatic nitrogens is 2. The highest BCUT2D eigenvalue weighted by Gasteiger charge is 2.10. The van der Waals surface area contributed by atoms with E-state index in [1.165, 1.54) is 0 Å². The van der Waals surface area contributed by atoms with E-state index in [0.29, 0.717) is 23.8 Å². The van der Waals surface area contributed by atoms with Crippen molar-refractivity contribution in [2.75, 3.05) is 11.9 Å². The van der Waals surface area contributed by atoms with Crippen LogP contribution in [0, 0.1) is 0 Å². The maximum atomic E-state index is 12.3. The Morgan fingerprint density at radius 1 is 0.833 bits per heavy atom. The molecule has 150 valence electrons. The number of nitrogens with one attached hydrogen (secondary N) is 1. The number of benzene rings is 3. The van der Waals surface area contributed by atoms with Crippen LogP contribution in [0.5, 0.6) is 11.5 Å². The lowest BCUT2D eigenvalue weighted by Crippen LogP contribution is -2.20. The van der Waals surface area contributed by atoms with Crippen molar-refractivity contribution in [3.8, 4) is 17.2 Å². The fourth-order valence-corrected chi connectivity index (χ4v) is 2.87. The van der Waals surface area contributed by atoms with Gasteiger partial charge in [-0.1, -0.05) is 60.7 Å². The molecule has 30 heavy (non-hydrogen) atoms. The Balaban J connectivity index is 1.32. The zero-order valence-electron chi connectivity index (χ0n) is 16.3. The quantitative estimate of drug-likeness (QED) is 0.475. The maximum absolute atomic E-state index is 12.3. The van der Waals surface area contributed by atoms with E-state index in [-0.39, 0.29) is 12.5 Å². The molecule has 6 nitrogen and oxygen atoms in total. The Bertz CT molecular complexity index is 1090. The van der Waals surface area contributed by atoms with Gasteiger partial charge in [-0.3, -0.25) is 4.79 Å². The first-order valence-electron chi connectivity index (χ1n) is 9.56. The monoisotopic (exact) mass is 399 g/mol. The minimum atomic E-state index is -0.277. The van der Waals surface area contributed by atoms with Gasteiger partial charge < -0.3 is 14.8 Å². The third-order valence-electron chi connectivity index (χ3n) is 4.33. The summed E-state index contributed by atoms with van der Waals surface area (Å²) < 4.78 is 13.2. The van der Waals surface area contributed by atoms with Crippen LogP contribution < -0.4 is 14.8 Å². The molecular weight excluding hydrogens is 378 g/mol. The molecule has 0 aliphatic rings. The van der Waals surface area contributed by atoms with E-state index in [9.17, 15) is 4.79 Å². The van der Waals surface area contributed by atoms with E-state index in [1.807, 2.05) is 78.9 Å². The molecule has 6 heteroatoms. The van der Waals surface area contributed by atoms with Gasteiger partial charge in [0.05, 0.1) is 23.8 Å². The Hall–Kier alpha value is -4.06. The van der Waals surface area contributed by atoms with Gasteiger partial charge in [-0.15, -0.1) is 0 Å². The highest BCUT2D eigenvalue weighted by molar-refractivity contribution is 5.91. The minimum Gasteiger partial charge on any atom is -0.485 e. The molecular formula is C24H21N3O3. The second kappa shape index (κ2) is 9.43. The van der Waals surface area contributed by atoms with Crippen molar-refractivity contribution in [3.63, 3.8) is 0 Å². The van der Waals surface area contributed by atoms with E-state index in [1.54, 1.807) is 23.1 Å². The first-order valence-corrected chi connectivity index (χ1v) is 9.56. The normalized spacial score (nSPS) is 10.4. The number of para-hydroxylation sites is 3. The van der Waals surface area contributed by atoms with Gasteiger partial charge >= 0.3 is 0 Å². The van der Waals surface area contributed by atoms with Gasteiger partial charge in [-0.2, -0.15) is 5.10 Å².